The molecular weight excluding hydrogens is 180 g/mol. The molecule has 0 aliphatic carbocycles. The van der Waals surface area contributed by atoms with E-state index in [0.717, 1.165) is 10.1 Å². The van der Waals surface area contributed by atoms with Crippen LogP contribution in [0.3, 0.4) is 0 Å². The average Bonchev–Trinajstić information content (AvgIpc) is 1.82. The number of allylic oxidation sites excluding steroid dienone is 2. The van der Waals surface area contributed by atoms with Crippen LogP contribution in [0.15, 0.2) is 35.4 Å². The van der Waals surface area contributed by atoms with Crippen LogP contribution in [0.2, 0.25) is 0 Å². The van der Waals surface area contributed by atoms with Gasteiger partial charge in [0.05, 0.1) is 6.61 Å². The van der Waals surface area contributed by atoms with Gasteiger partial charge in [0.15, 0.2) is 0 Å². The van der Waals surface area contributed by atoms with Crippen molar-refractivity contribution in [2.24, 2.45) is 0 Å². The van der Waals surface area contributed by atoms with Crippen LogP contribution in [-0.4, -0.2) is 11.7 Å². The normalized spacial score (nSPS) is 11.1. The lowest BCUT2D eigenvalue weighted by Gasteiger charge is -1.92. The van der Waals surface area contributed by atoms with E-state index in [1.807, 2.05) is 0 Å². The van der Waals surface area contributed by atoms with Gasteiger partial charge in [-0.25, -0.2) is 0 Å². The van der Waals surface area contributed by atoms with E-state index in [9.17, 15) is 0 Å². The second kappa shape index (κ2) is 4.53. The van der Waals surface area contributed by atoms with Gasteiger partial charge in [-0.2, -0.15) is 0 Å². The molecule has 0 heterocycles. The van der Waals surface area contributed by atoms with E-state index in [1.165, 1.54) is 0 Å². The van der Waals surface area contributed by atoms with Crippen molar-refractivity contribution >= 4 is 15.9 Å². The minimum Gasteiger partial charge on any atom is -0.392 e. The first kappa shape index (κ1) is 8.66. The van der Waals surface area contributed by atoms with E-state index in [2.05, 4.69) is 29.1 Å². The number of hydrogen-bond acceptors (Lipinski definition) is 1. The van der Waals surface area contributed by atoms with Crippen molar-refractivity contribution in [3.63, 3.8) is 0 Å². The summed E-state index contributed by atoms with van der Waals surface area (Å²) >= 11 is 3.13. The van der Waals surface area contributed by atoms with Gasteiger partial charge in [-0.05, 0) is 11.6 Å². The summed E-state index contributed by atoms with van der Waals surface area (Å²) in [6.07, 6.45) is 3.30. The predicted molar refractivity (Wildman–Crippen MR) is 43.4 cm³/mol. The lowest BCUT2D eigenvalue weighted by atomic mass is 10.2. The van der Waals surface area contributed by atoms with Gasteiger partial charge in [0.2, 0.25) is 0 Å². The Bertz CT molecular complexity index is 147. The minimum atomic E-state index is 0.00806. The average molecular weight is 189 g/mol. The van der Waals surface area contributed by atoms with Gasteiger partial charge >= 0.3 is 0 Å². The number of hydrogen-bond donors (Lipinski definition) is 1. The molecule has 0 aromatic carbocycles. The maximum atomic E-state index is 8.57. The third kappa shape index (κ3) is 4.18. The molecule has 1 N–H and O–H groups in total. The van der Waals surface area contributed by atoms with Crippen molar-refractivity contribution in [1.29, 1.82) is 0 Å². The standard InChI is InChI=1S/C7H9BrO/c1-3-7(5-9)4-6(2)8/h3-4,9H,1-2,5H2/b7-4+. The lowest BCUT2D eigenvalue weighted by Crippen LogP contribution is -1.83. The molecule has 0 radical (unpaired) electrons. The van der Waals surface area contributed by atoms with Crippen molar-refractivity contribution in [2.75, 3.05) is 6.61 Å². The molecule has 0 atom stereocenters. The highest BCUT2D eigenvalue weighted by Gasteiger charge is 1.86. The van der Waals surface area contributed by atoms with Crippen molar-refractivity contribution in [3.05, 3.63) is 35.4 Å². The molecule has 0 aromatic heterocycles. The van der Waals surface area contributed by atoms with Crippen LogP contribution in [0.4, 0.5) is 0 Å². The molecule has 0 saturated carbocycles. The van der Waals surface area contributed by atoms with Crippen LogP contribution in [0, 0.1) is 0 Å². The summed E-state index contributed by atoms with van der Waals surface area (Å²) in [7, 11) is 0. The van der Waals surface area contributed by atoms with E-state index < -0.39 is 0 Å². The quantitative estimate of drug-likeness (QED) is 0.673. The Balaban J connectivity index is 4.07. The Morgan fingerprint density at radius 1 is 1.67 bits per heavy atom. The number of aliphatic hydroxyl groups is 1. The molecule has 0 aliphatic heterocycles. The fourth-order valence-corrected chi connectivity index (χ4v) is 0.664. The van der Waals surface area contributed by atoms with Crippen molar-refractivity contribution in [3.8, 4) is 0 Å². The summed E-state index contributed by atoms with van der Waals surface area (Å²) in [5.74, 6) is 0. The summed E-state index contributed by atoms with van der Waals surface area (Å²) < 4.78 is 0.742. The first-order valence-corrected chi connectivity index (χ1v) is 3.28. The lowest BCUT2D eigenvalue weighted by molar-refractivity contribution is 0.335. The first-order valence-electron chi connectivity index (χ1n) is 2.49. The summed E-state index contributed by atoms with van der Waals surface area (Å²) in [6.45, 7) is 7.07. The molecule has 1 nitrogen and oxygen atoms in total. The highest BCUT2D eigenvalue weighted by Crippen LogP contribution is 2.06. The first-order chi connectivity index (χ1) is 4.20. The number of halogens is 1. The summed E-state index contributed by atoms with van der Waals surface area (Å²) in [5, 5.41) is 8.57. The van der Waals surface area contributed by atoms with Crippen molar-refractivity contribution < 1.29 is 5.11 Å². The molecule has 0 bridgehead atoms. The Morgan fingerprint density at radius 3 is 2.33 bits per heavy atom. The monoisotopic (exact) mass is 188 g/mol. The smallest absolute Gasteiger partial charge is 0.0682 e. The fraction of sp³-hybridized carbons (Fsp3) is 0.143. The van der Waals surface area contributed by atoms with Crippen LogP contribution >= 0.6 is 15.9 Å². The second-order valence-corrected chi connectivity index (χ2v) is 2.55. The maximum Gasteiger partial charge on any atom is 0.0682 e. The minimum absolute atomic E-state index is 0.00806. The topological polar surface area (TPSA) is 20.2 Å². The Morgan fingerprint density at radius 2 is 2.22 bits per heavy atom. The highest BCUT2D eigenvalue weighted by molar-refractivity contribution is 9.11. The van der Waals surface area contributed by atoms with Gasteiger partial charge < -0.3 is 5.11 Å². The van der Waals surface area contributed by atoms with Crippen LogP contribution in [0.1, 0.15) is 0 Å². The van der Waals surface area contributed by atoms with Crippen LogP contribution < -0.4 is 0 Å². The molecule has 2 heteroatoms. The zero-order valence-corrected chi connectivity index (χ0v) is 6.69. The van der Waals surface area contributed by atoms with Crippen molar-refractivity contribution in [1.82, 2.24) is 0 Å². The zero-order chi connectivity index (χ0) is 7.28. The van der Waals surface area contributed by atoms with Gasteiger partial charge in [0, 0.05) is 4.48 Å². The molecule has 9 heavy (non-hydrogen) atoms. The molecule has 0 rings (SSSR count). The third-order valence-electron chi connectivity index (χ3n) is 0.787. The maximum absolute atomic E-state index is 8.57. The molecule has 50 valence electrons. The molecule has 0 fully saturated rings. The van der Waals surface area contributed by atoms with Crippen molar-refractivity contribution in [2.45, 2.75) is 0 Å². The summed E-state index contributed by atoms with van der Waals surface area (Å²) in [4.78, 5) is 0. The van der Waals surface area contributed by atoms with E-state index in [0.29, 0.717) is 0 Å². The van der Waals surface area contributed by atoms with Gasteiger partial charge in [-0.1, -0.05) is 35.2 Å². The zero-order valence-electron chi connectivity index (χ0n) is 5.10. The Kier molecular flexibility index (Phi) is 4.36. The molecule has 0 aromatic rings. The largest absolute Gasteiger partial charge is 0.392 e. The van der Waals surface area contributed by atoms with Crippen LogP contribution in [-0.2, 0) is 0 Å². The van der Waals surface area contributed by atoms with E-state index >= 15 is 0 Å². The predicted octanol–water partition coefficient (Wildman–Crippen LogP) is 2.00. The number of aliphatic hydroxyl groups excluding tert-OH is 1. The summed E-state index contributed by atoms with van der Waals surface area (Å²) in [5.41, 5.74) is 0.761. The van der Waals surface area contributed by atoms with Gasteiger partial charge in [0.25, 0.3) is 0 Å². The molecule has 0 amide bonds. The van der Waals surface area contributed by atoms with Gasteiger partial charge in [0.1, 0.15) is 0 Å². The number of rotatable bonds is 3. The Labute approximate surface area is 63.5 Å². The molecular formula is C7H9BrO. The molecule has 0 saturated heterocycles. The Hall–Kier alpha value is -0.340. The second-order valence-electron chi connectivity index (χ2n) is 1.53. The van der Waals surface area contributed by atoms with E-state index in [1.54, 1.807) is 12.2 Å². The molecule has 0 aliphatic rings. The summed E-state index contributed by atoms with van der Waals surface area (Å²) in [6, 6.07) is 0. The fourth-order valence-electron chi connectivity index (χ4n) is 0.370. The molecule has 0 spiro atoms. The third-order valence-corrected chi connectivity index (χ3v) is 1.02. The highest BCUT2D eigenvalue weighted by atomic mass is 79.9. The van der Waals surface area contributed by atoms with Crippen LogP contribution in [0.5, 0.6) is 0 Å². The van der Waals surface area contributed by atoms with E-state index in [-0.39, 0.29) is 6.61 Å². The van der Waals surface area contributed by atoms with E-state index in [4.69, 9.17) is 5.11 Å². The SMILES string of the molecule is C=C/C(=C\C(=C)Br)CO. The molecule has 0 unspecified atom stereocenters. The van der Waals surface area contributed by atoms with Gasteiger partial charge in [-0.15, -0.1) is 0 Å². The van der Waals surface area contributed by atoms with Gasteiger partial charge in [-0.3, -0.25) is 0 Å². The van der Waals surface area contributed by atoms with Crippen LogP contribution in [0.25, 0.3) is 0 Å².